The lowest BCUT2D eigenvalue weighted by atomic mass is 10.4. The molecule has 14 heavy (non-hydrogen) atoms. The number of hydrogen-bond acceptors (Lipinski definition) is 4. The summed E-state index contributed by atoms with van der Waals surface area (Å²) < 4.78 is 0. The highest BCUT2D eigenvalue weighted by Gasteiger charge is 2.02. The van der Waals surface area contributed by atoms with E-state index in [2.05, 4.69) is 22.2 Å². The molecule has 4 heteroatoms. The highest BCUT2D eigenvalue weighted by atomic mass is 15.2. The van der Waals surface area contributed by atoms with E-state index in [0.29, 0.717) is 0 Å². The molecule has 0 saturated carbocycles. The molecule has 0 atom stereocenters. The maximum absolute atomic E-state index is 4.37. The van der Waals surface area contributed by atoms with Gasteiger partial charge in [0.25, 0.3) is 0 Å². The standard InChI is InChI=1S/C10H18N4/c1-5-6-11-9-7-8(2)12-10(13-9)14(3)4/h7H,5-6H2,1-4H3,(H,11,12,13). The summed E-state index contributed by atoms with van der Waals surface area (Å²) in [4.78, 5) is 10.6. The van der Waals surface area contributed by atoms with Crippen LogP contribution in [0, 0.1) is 6.92 Å². The van der Waals surface area contributed by atoms with Crippen molar-refractivity contribution in [1.82, 2.24) is 9.97 Å². The Kier molecular flexibility index (Phi) is 3.68. The first-order valence-corrected chi connectivity index (χ1v) is 4.90. The van der Waals surface area contributed by atoms with Gasteiger partial charge in [-0.3, -0.25) is 0 Å². The van der Waals surface area contributed by atoms with Gasteiger partial charge in [0.15, 0.2) is 0 Å². The fraction of sp³-hybridized carbons (Fsp3) is 0.600. The summed E-state index contributed by atoms with van der Waals surface area (Å²) in [6.07, 6.45) is 1.10. The van der Waals surface area contributed by atoms with Crippen LogP contribution in [0.2, 0.25) is 0 Å². The molecule has 4 nitrogen and oxygen atoms in total. The van der Waals surface area contributed by atoms with E-state index in [1.54, 1.807) is 0 Å². The Morgan fingerprint density at radius 3 is 2.64 bits per heavy atom. The van der Waals surface area contributed by atoms with Crippen LogP contribution in [-0.2, 0) is 0 Å². The lowest BCUT2D eigenvalue weighted by molar-refractivity contribution is 0.940. The zero-order chi connectivity index (χ0) is 10.6. The normalized spacial score (nSPS) is 10.0. The number of rotatable bonds is 4. The van der Waals surface area contributed by atoms with E-state index in [1.165, 1.54) is 0 Å². The molecule has 0 aromatic carbocycles. The van der Waals surface area contributed by atoms with E-state index in [0.717, 1.165) is 30.4 Å². The highest BCUT2D eigenvalue weighted by molar-refractivity contribution is 5.42. The van der Waals surface area contributed by atoms with Crippen molar-refractivity contribution in [2.24, 2.45) is 0 Å². The minimum absolute atomic E-state index is 0.753. The Bertz CT molecular complexity index is 296. The van der Waals surface area contributed by atoms with E-state index >= 15 is 0 Å². The van der Waals surface area contributed by atoms with Crippen molar-refractivity contribution in [1.29, 1.82) is 0 Å². The van der Waals surface area contributed by atoms with Crippen molar-refractivity contribution in [3.63, 3.8) is 0 Å². The Hall–Kier alpha value is -1.32. The summed E-state index contributed by atoms with van der Waals surface area (Å²) in [6, 6.07) is 1.96. The molecule has 1 aromatic heterocycles. The van der Waals surface area contributed by atoms with Crippen LogP contribution in [0.15, 0.2) is 6.07 Å². The minimum atomic E-state index is 0.753. The van der Waals surface area contributed by atoms with Crippen LogP contribution >= 0.6 is 0 Å². The largest absolute Gasteiger partial charge is 0.370 e. The third-order valence-corrected chi connectivity index (χ3v) is 1.80. The third-order valence-electron chi connectivity index (χ3n) is 1.80. The van der Waals surface area contributed by atoms with Gasteiger partial charge in [-0.1, -0.05) is 6.92 Å². The van der Waals surface area contributed by atoms with Crippen LogP contribution in [0.5, 0.6) is 0 Å². The summed E-state index contributed by atoms with van der Waals surface area (Å²) in [5, 5.41) is 3.25. The van der Waals surface area contributed by atoms with E-state index in [9.17, 15) is 0 Å². The zero-order valence-corrected chi connectivity index (χ0v) is 9.33. The van der Waals surface area contributed by atoms with E-state index in [1.807, 2.05) is 32.0 Å². The molecule has 0 aliphatic rings. The van der Waals surface area contributed by atoms with Gasteiger partial charge in [-0.2, -0.15) is 4.98 Å². The van der Waals surface area contributed by atoms with Gasteiger partial charge in [0, 0.05) is 32.4 Å². The molecular weight excluding hydrogens is 176 g/mol. The first kappa shape index (κ1) is 10.8. The second-order valence-corrected chi connectivity index (χ2v) is 3.52. The molecule has 0 aliphatic carbocycles. The lowest BCUT2D eigenvalue weighted by Gasteiger charge is -2.12. The van der Waals surface area contributed by atoms with Crippen LogP contribution in [0.4, 0.5) is 11.8 Å². The first-order chi connectivity index (χ1) is 6.63. The maximum Gasteiger partial charge on any atom is 0.226 e. The van der Waals surface area contributed by atoms with Gasteiger partial charge in [0.05, 0.1) is 0 Å². The monoisotopic (exact) mass is 194 g/mol. The summed E-state index contributed by atoms with van der Waals surface area (Å²) >= 11 is 0. The molecule has 1 aromatic rings. The molecule has 1 heterocycles. The predicted octanol–water partition coefficient (Wildman–Crippen LogP) is 1.67. The minimum Gasteiger partial charge on any atom is -0.370 e. The number of nitrogens with zero attached hydrogens (tertiary/aromatic N) is 3. The average molecular weight is 194 g/mol. The van der Waals surface area contributed by atoms with Crippen molar-refractivity contribution in [2.45, 2.75) is 20.3 Å². The summed E-state index contributed by atoms with van der Waals surface area (Å²) in [7, 11) is 3.89. The molecule has 78 valence electrons. The van der Waals surface area contributed by atoms with Crippen molar-refractivity contribution >= 4 is 11.8 Å². The fourth-order valence-corrected chi connectivity index (χ4v) is 1.10. The number of aromatic nitrogens is 2. The summed E-state index contributed by atoms with van der Waals surface area (Å²) in [6.45, 7) is 5.06. The third kappa shape index (κ3) is 2.87. The molecule has 1 rings (SSSR count). The lowest BCUT2D eigenvalue weighted by Crippen LogP contribution is -2.14. The Labute approximate surface area is 85.4 Å². The molecular formula is C10H18N4. The van der Waals surface area contributed by atoms with Crippen LogP contribution in [0.25, 0.3) is 0 Å². The second kappa shape index (κ2) is 4.79. The number of anilines is 2. The zero-order valence-electron chi connectivity index (χ0n) is 9.33. The van der Waals surface area contributed by atoms with Gasteiger partial charge in [0.1, 0.15) is 5.82 Å². The highest BCUT2D eigenvalue weighted by Crippen LogP contribution is 2.11. The molecule has 0 unspecified atom stereocenters. The Morgan fingerprint density at radius 1 is 1.36 bits per heavy atom. The van der Waals surface area contributed by atoms with Gasteiger partial charge in [-0.15, -0.1) is 0 Å². The van der Waals surface area contributed by atoms with Gasteiger partial charge in [0.2, 0.25) is 5.95 Å². The number of nitrogens with one attached hydrogen (secondary N) is 1. The summed E-state index contributed by atoms with van der Waals surface area (Å²) in [5.74, 6) is 1.66. The SMILES string of the molecule is CCCNc1cc(C)nc(N(C)C)n1. The molecule has 0 aliphatic heterocycles. The predicted molar refractivity (Wildman–Crippen MR) is 59.9 cm³/mol. The quantitative estimate of drug-likeness (QED) is 0.791. The number of hydrogen-bond donors (Lipinski definition) is 1. The van der Waals surface area contributed by atoms with Crippen molar-refractivity contribution < 1.29 is 0 Å². The molecule has 0 fully saturated rings. The first-order valence-electron chi connectivity index (χ1n) is 4.90. The van der Waals surface area contributed by atoms with Crippen molar-refractivity contribution in [3.05, 3.63) is 11.8 Å². The van der Waals surface area contributed by atoms with Gasteiger partial charge < -0.3 is 10.2 Å². The van der Waals surface area contributed by atoms with Gasteiger partial charge >= 0.3 is 0 Å². The topological polar surface area (TPSA) is 41.1 Å². The molecule has 0 spiro atoms. The van der Waals surface area contributed by atoms with E-state index in [4.69, 9.17) is 0 Å². The molecule has 0 amide bonds. The average Bonchev–Trinajstić information content (AvgIpc) is 2.14. The van der Waals surface area contributed by atoms with Crippen molar-refractivity contribution in [3.8, 4) is 0 Å². The summed E-state index contributed by atoms with van der Waals surface area (Å²) in [5.41, 5.74) is 0.988. The number of aryl methyl sites for hydroxylation is 1. The van der Waals surface area contributed by atoms with Crippen molar-refractivity contribution in [2.75, 3.05) is 30.9 Å². The van der Waals surface area contributed by atoms with Crippen LogP contribution in [0.3, 0.4) is 0 Å². The van der Waals surface area contributed by atoms with Gasteiger partial charge in [-0.25, -0.2) is 4.98 Å². The molecule has 0 bridgehead atoms. The molecule has 0 saturated heterocycles. The second-order valence-electron chi connectivity index (χ2n) is 3.52. The molecule has 0 radical (unpaired) electrons. The fourth-order valence-electron chi connectivity index (χ4n) is 1.10. The molecule has 1 N–H and O–H groups in total. The Balaban J connectivity index is 2.84. The Morgan fingerprint density at radius 2 is 2.07 bits per heavy atom. The van der Waals surface area contributed by atoms with Crippen LogP contribution < -0.4 is 10.2 Å². The van der Waals surface area contributed by atoms with Crippen LogP contribution in [-0.4, -0.2) is 30.6 Å². The van der Waals surface area contributed by atoms with Crippen LogP contribution in [0.1, 0.15) is 19.0 Å². The van der Waals surface area contributed by atoms with E-state index in [-0.39, 0.29) is 0 Å². The maximum atomic E-state index is 4.37. The van der Waals surface area contributed by atoms with Gasteiger partial charge in [-0.05, 0) is 13.3 Å². The van der Waals surface area contributed by atoms with E-state index < -0.39 is 0 Å². The smallest absolute Gasteiger partial charge is 0.226 e.